The number of ether oxygens (including phenoxy) is 1. The molecule has 2 heterocycles. The Hall–Kier alpha value is -1.09. The SMILES string of the molecule is Cc1cnccc1N1CCC(OCCC(C)C)CC1. The molecule has 0 unspecified atom stereocenters. The minimum absolute atomic E-state index is 0.456. The molecule has 1 fully saturated rings. The molecule has 1 aliphatic heterocycles. The summed E-state index contributed by atoms with van der Waals surface area (Å²) < 4.78 is 5.97. The molecule has 1 aliphatic rings. The molecule has 0 radical (unpaired) electrons. The van der Waals surface area contributed by atoms with Gasteiger partial charge < -0.3 is 9.64 Å². The van der Waals surface area contributed by atoms with E-state index in [0.717, 1.165) is 38.5 Å². The van der Waals surface area contributed by atoms with E-state index >= 15 is 0 Å². The van der Waals surface area contributed by atoms with Crippen LogP contribution in [0.25, 0.3) is 0 Å². The molecule has 3 nitrogen and oxygen atoms in total. The first-order valence-corrected chi connectivity index (χ1v) is 7.44. The molecular weight excluding hydrogens is 236 g/mol. The predicted molar refractivity (Wildman–Crippen MR) is 79.6 cm³/mol. The van der Waals surface area contributed by atoms with Crippen LogP contribution in [-0.4, -0.2) is 30.8 Å². The summed E-state index contributed by atoms with van der Waals surface area (Å²) in [7, 11) is 0. The van der Waals surface area contributed by atoms with Crippen molar-refractivity contribution in [1.82, 2.24) is 4.98 Å². The van der Waals surface area contributed by atoms with Crippen LogP contribution in [0, 0.1) is 12.8 Å². The average molecular weight is 262 g/mol. The van der Waals surface area contributed by atoms with Crippen LogP contribution in [0.2, 0.25) is 0 Å². The summed E-state index contributed by atoms with van der Waals surface area (Å²) in [5.41, 5.74) is 2.59. The molecule has 0 atom stereocenters. The van der Waals surface area contributed by atoms with Crippen molar-refractivity contribution >= 4 is 5.69 Å². The molecule has 106 valence electrons. The second-order valence-electron chi connectivity index (χ2n) is 5.90. The Morgan fingerprint density at radius 1 is 1.37 bits per heavy atom. The molecule has 3 heteroatoms. The van der Waals surface area contributed by atoms with Gasteiger partial charge in [0.15, 0.2) is 0 Å². The fourth-order valence-corrected chi connectivity index (χ4v) is 2.55. The maximum absolute atomic E-state index is 5.97. The maximum Gasteiger partial charge on any atom is 0.0608 e. The number of hydrogen-bond acceptors (Lipinski definition) is 3. The largest absolute Gasteiger partial charge is 0.378 e. The van der Waals surface area contributed by atoms with E-state index in [2.05, 4.69) is 36.7 Å². The summed E-state index contributed by atoms with van der Waals surface area (Å²) in [6.45, 7) is 9.73. The van der Waals surface area contributed by atoms with E-state index in [1.165, 1.54) is 17.7 Å². The molecule has 2 rings (SSSR count). The lowest BCUT2D eigenvalue weighted by molar-refractivity contribution is 0.0312. The van der Waals surface area contributed by atoms with Gasteiger partial charge >= 0.3 is 0 Å². The highest BCUT2D eigenvalue weighted by molar-refractivity contribution is 5.51. The number of rotatable bonds is 5. The van der Waals surface area contributed by atoms with E-state index in [9.17, 15) is 0 Å². The van der Waals surface area contributed by atoms with Gasteiger partial charge in [-0.25, -0.2) is 0 Å². The van der Waals surface area contributed by atoms with E-state index < -0.39 is 0 Å². The van der Waals surface area contributed by atoms with Gasteiger partial charge in [0, 0.05) is 37.8 Å². The van der Waals surface area contributed by atoms with E-state index in [1.54, 1.807) is 0 Å². The molecule has 0 amide bonds. The first-order valence-electron chi connectivity index (χ1n) is 7.44. The molecular formula is C16H26N2O. The number of aromatic nitrogens is 1. The van der Waals surface area contributed by atoms with Crippen molar-refractivity contribution in [3.8, 4) is 0 Å². The molecule has 19 heavy (non-hydrogen) atoms. The molecule has 0 aromatic carbocycles. The lowest BCUT2D eigenvalue weighted by Crippen LogP contribution is -2.37. The van der Waals surface area contributed by atoms with Crippen LogP contribution < -0.4 is 4.90 Å². The minimum Gasteiger partial charge on any atom is -0.378 e. The second kappa shape index (κ2) is 6.90. The highest BCUT2D eigenvalue weighted by atomic mass is 16.5. The number of anilines is 1. The summed E-state index contributed by atoms with van der Waals surface area (Å²) in [6.07, 6.45) is 7.73. The van der Waals surface area contributed by atoms with E-state index in [1.807, 2.05) is 12.4 Å². The van der Waals surface area contributed by atoms with Crippen molar-refractivity contribution in [2.24, 2.45) is 5.92 Å². The normalized spacial score (nSPS) is 17.2. The fourth-order valence-electron chi connectivity index (χ4n) is 2.55. The monoisotopic (exact) mass is 262 g/mol. The van der Waals surface area contributed by atoms with Crippen LogP contribution in [0.1, 0.15) is 38.7 Å². The van der Waals surface area contributed by atoms with Crippen LogP contribution in [-0.2, 0) is 4.74 Å². The van der Waals surface area contributed by atoms with Crippen LogP contribution in [0.4, 0.5) is 5.69 Å². The van der Waals surface area contributed by atoms with Gasteiger partial charge in [-0.1, -0.05) is 13.8 Å². The zero-order valence-electron chi connectivity index (χ0n) is 12.4. The third-order valence-electron chi connectivity index (χ3n) is 3.82. The van der Waals surface area contributed by atoms with Crippen LogP contribution in [0.5, 0.6) is 0 Å². The summed E-state index contributed by atoms with van der Waals surface area (Å²) in [5.74, 6) is 0.736. The quantitative estimate of drug-likeness (QED) is 0.813. The number of piperidine rings is 1. The molecule has 1 saturated heterocycles. The van der Waals surface area contributed by atoms with E-state index in [-0.39, 0.29) is 0 Å². The van der Waals surface area contributed by atoms with Gasteiger partial charge in [0.1, 0.15) is 0 Å². The van der Waals surface area contributed by atoms with Crippen molar-refractivity contribution in [2.45, 2.75) is 46.1 Å². The van der Waals surface area contributed by atoms with Gasteiger partial charge in [-0.3, -0.25) is 4.98 Å². The fraction of sp³-hybridized carbons (Fsp3) is 0.688. The van der Waals surface area contributed by atoms with Crippen molar-refractivity contribution in [3.05, 3.63) is 24.0 Å². The maximum atomic E-state index is 5.97. The van der Waals surface area contributed by atoms with Gasteiger partial charge in [0.2, 0.25) is 0 Å². The van der Waals surface area contributed by atoms with Crippen LogP contribution >= 0.6 is 0 Å². The van der Waals surface area contributed by atoms with Gasteiger partial charge in [-0.15, -0.1) is 0 Å². The third kappa shape index (κ3) is 4.20. The van der Waals surface area contributed by atoms with Crippen molar-refractivity contribution in [1.29, 1.82) is 0 Å². The molecule has 0 spiro atoms. The lowest BCUT2D eigenvalue weighted by Gasteiger charge is -2.34. The Bertz CT molecular complexity index is 384. The molecule has 1 aromatic heterocycles. The summed E-state index contributed by atoms with van der Waals surface area (Å²) in [5, 5.41) is 0. The zero-order chi connectivity index (χ0) is 13.7. The molecule has 0 bridgehead atoms. The number of hydrogen-bond donors (Lipinski definition) is 0. The van der Waals surface area contributed by atoms with Crippen molar-refractivity contribution in [2.75, 3.05) is 24.6 Å². The Morgan fingerprint density at radius 2 is 2.11 bits per heavy atom. The van der Waals surface area contributed by atoms with E-state index in [0.29, 0.717) is 6.10 Å². The summed E-state index contributed by atoms with van der Waals surface area (Å²) in [6, 6.07) is 2.12. The standard InChI is InChI=1S/C16H26N2O/c1-13(2)7-11-19-15-5-9-18(10-6-15)16-4-8-17-12-14(16)3/h4,8,12-13,15H,5-7,9-11H2,1-3H3. The summed E-state index contributed by atoms with van der Waals surface area (Å²) >= 11 is 0. The van der Waals surface area contributed by atoms with Crippen LogP contribution in [0.15, 0.2) is 18.5 Å². The molecule has 0 saturated carbocycles. The highest BCUT2D eigenvalue weighted by Gasteiger charge is 2.20. The first kappa shape index (κ1) is 14.3. The highest BCUT2D eigenvalue weighted by Crippen LogP contribution is 2.23. The van der Waals surface area contributed by atoms with Gasteiger partial charge in [0.25, 0.3) is 0 Å². The lowest BCUT2D eigenvalue weighted by atomic mass is 10.1. The molecule has 0 N–H and O–H groups in total. The third-order valence-corrected chi connectivity index (χ3v) is 3.82. The smallest absolute Gasteiger partial charge is 0.0608 e. The Kier molecular flexibility index (Phi) is 5.20. The number of pyridine rings is 1. The molecule has 0 aliphatic carbocycles. The van der Waals surface area contributed by atoms with Gasteiger partial charge in [-0.05, 0) is 43.7 Å². The summed E-state index contributed by atoms with van der Waals surface area (Å²) in [4.78, 5) is 6.62. The zero-order valence-corrected chi connectivity index (χ0v) is 12.4. The predicted octanol–water partition coefficient (Wildman–Crippen LogP) is 3.42. The van der Waals surface area contributed by atoms with E-state index in [4.69, 9.17) is 4.74 Å². The minimum atomic E-state index is 0.456. The van der Waals surface area contributed by atoms with Gasteiger partial charge in [0.05, 0.1) is 6.10 Å². The van der Waals surface area contributed by atoms with Crippen molar-refractivity contribution in [3.63, 3.8) is 0 Å². The number of aryl methyl sites for hydroxylation is 1. The first-order chi connectivity index (χ1) is 9.16. The van der Waals surface area contributed by atoms with Crippen LogP contribution in [0.3, 0.4) is 0 Å². The van der Waals surface area contributed by atoms with Gasteiger partial charge in [-0.2, -0.15) is 0 Å². The van der Waals surface area contributed by atoms with Crippen molar-refractivity contribution < 1.29 is 4.74 Å². The Balaban J connectivity index is 1.78. The average Bonchev–Trinajstić information content (AvgIpc) is 2.40. The molecule has 1 aromatic rings. The topological polar surface area (TPSA) is 25.4 Å². The Labute approximate surface area is 117 Å². The number of nitrogens with zero attached hydrogens (tertiary/aromatic N) is 2. The Morgan fingerprint density at radius 3 is 2.74 bits per heavy atom. The second-order valence-corrected chi connectivity index (χ2v) is 5.90.